The van der Waals surface area contributed by atoms with Gasteiger partial charge in [-0.25, -0.2) is 14.7 Å². The van der Waals surface area contributed by atoms with Crippen molar-refractivity contribution < 1.29 is 14.4 Å². The number of hydrogen-bond acceptors (Lipinski definition) is 4. The molecule has 0 saturated carbocycles. The van der Waals surface area contributed by atoms with Gasteiger partial charge in [0, 0.05) is 19.4 Å². The third-order valence-corrected chi connectivity index (χ3v) is 5.78. The minimum Gasteiger partial charge on any atom is -0.342 e. The van der Waals surface area contributed by atoms with Crippen LogP contribution in [0.3, 0.4) is 0 Å². The Kier molecular flexibility index (Phi) is 6.26. The summed E-state index contributed by atoms with van der Waals surface area (Å²) in [5.41, 5.74) is 2.47. The van der Waals surface area contributed by atoms with E-state index in [1.54, 1.807) is 24.5 Å². The zero-order chi connectivity index (χ0) is 23.5. The highest BCUT2D eigenvalue weighted by atomic mass is 16.2. The van der Waals surface area contributed by atoms with Gasteiger partial charge in [-0.05, 0) is 29.2 Å². The number of imide groups is 1. The molecule has 2 atom stereocenters. The van der Waals surface area contributed by atoms with Gasteiger partial charge >= 0.3 is 6.03 Å². The summed E-state index contributed by atoms with van der Waals surface area (Å²) in [6.45, 7) is 4.15. The summed E-state index contributed by atoms with van der Waals surface area (Å²) in [6.07, 6.45) is 3.31. The normalized spacial score (nSPS) is 16.7. The lowest BCUT2D eigenvalue weighted by Gasteiger charge is -2.20. The molecule has 1 aromatic heterocycles. The Morgan fingerprint density at radius 1 is 1.06 bits per heavy atom. The number of nitrogens with one attached hydrogen (secondary N) is 2. The fourth-order valence-electron chi connectivity index (χ4n) is 3.93. The van der Waals surface area contributed by atoms with Crippen LogP contribution in [0, 0.1) is 0 Å². The first-order valence-electron chi connectivity index (χ1n) is 10.9. The standard InChI is InChI=1S/C25H27N5O3/c1-16(2)17-9-11-19(12-10-17)30-24(32)20(27-25(30)33)15-21(31)28-22(18-7-5-4-6-8-18)23-26-13-14-29(23)3/h4-14,16,20,22H,15H2,1-3H3,(H,27,33)(H,28,31)/t20-,22+/m1/s1. The van der Waals surface area contributed by atoms with Crippen molar-refractivity contribution in [1.29, 1.82) is 0 Å². The SMILES string of the molecule is CC(C)c1ccc(N2C(=O)N[C@H](CC(=O)N[C@@H](c3ccccc3)c3nccn3C)C2=O)cc1. The van der Waals surface area contributed by atoms with Crippen molar-refractivity contribution in [1.82, 2.24) is 20.2 Å². The van der Waals surface area contributed by atoms with Gasteiger partial charge in [-0.1, -0.05) is 56.3 Å². The minimum absolute atomic E-state index is 0.168. The maximum absolute atomic E-state index is 13.0. The van der Waals surface area contributed by atoms with Gasteiger partial charge in [-0.2, -0.15) is 0 Å². The second-order valence-electron chi connectivity index (χ2n) is 8.43. The van der Waals surface area contributed by atoms with Crippen LogP contribution in [-0.2, 0) is 16.6 Å². The zero-order valence-corrected chi connectivity index (χ0v) is 18.9. The summed E-state index contributed by atoms with van der Waals surface area (Å²) in [6, 6.07) is 14.9. The third kappa shape index (κ3) is 4.64. The first kappa shape index (κ1) is 22.3. The van der Waals surface area contributed by atoms with E-state index in [-0.39, 0.29) is 12.3 Å². The van der Waals surface area contributed by atoms with Crippen LogP contribution < -0.4 is 15.5 Å². The number of amides is 4. The van der Waals surface area contributed by atoms with Crippen molar-refractivity contribution in [2.45, 2.75) is 38.3 Å². The maximum Gasteiger partial charge on any atom is 0.329 e. The highest BCUT2D eigenvalue weighted by Crippen LogP contribution is 2.25. The van der Waals surface area contributed by atoms with E-state index in [9.17, 15) is 14.4 Å². The molecule has 0 spiro atoms. The summed E-state index contributed by atoms with van der Waals surface area (Å²) >= 11 is 0. The number of hydrogen-bond donors (Lipinski definition) is 2. The van der Waals surface area contributed by atoms with E-state index in [0.717, 1.165) is 16.0 Å². The predicted molar refractivity (Wildman–Crippen MR) is 125 cm³/mol. The Bertz CT molecular complexity index is 1150. The Balaban J connectivity index is 1.48. The number of benzene rings is 2. The molecule has 4 rings (SSSR count). The minimum atomic E-state index is -0.930. The molecule has 1 aliphatic rings. The Hall–Kier alpha value is -3.94. The van der Waals surface area contributed by atoms with Crippen LogP contribution in [0.25, 0.3) is 0 Å². The monoisotopic (exact) mass is 445 g/mol. The molecular weight excluding hydrogens is 418 g/mol. The molecule has 2 N–H and O–H groups in total. The van der Waals surface area contributed by atoms with Gasteiger partial charge in [-0.3, -0.25) is 9.59 Å². The fraction of sp³-hybridized carbons (Fsp3) is 0.280. The maximum atomic E-state index is 13.0. The largest absolute Gasteiger partial charge is 0.342 e. The van der Waals surface area contributed by atoms with E-state index in [4.69, 9.17) is 0 Å². The van der Waals surface area contributed by atoms with E-state index in [1.807, 2.05) is 54.1 Å². The van der Waals surface area contributed by atoms with Crippen LogP contribution in [0.5, 0.6) is 0 Å². The highest BCUT2D eigenvalue weighted by Gasteiger charge is 2.40. The number of rotatable bonds is 7. The Morgan fingerprint density at radius 3 is 2.36 bits per heavy atom. The molecule has 0 bridgehead atoms. The average Bonchev–Trinajstić information content (AvgIpc) is 3.34. The van der Waals surface area contributed by atoms with Crippen molar-refractivity contribution in [3.63, 3.8) is 0 Å². The number of imidazole rings is 1. The quantitative estimate of drug-likeness (QED) is 0.546. The molecule has 2 heterocycles. The third-order valence-electron chi connectivity index (χ3n) is 5.78. The molecular formula is C25H27N5O3. The highest BCUT2D eigenvalue weighted by molar-refractivity contribution is 6.22. The molecule has 2 aromatic carbocycles. The van der Waals surface area contributed by atoms with E-state index in [0.29, 0.717) is 17.4 Å². The summed E-state index contributed by atoms with van der Waals surface area (Å²) in [4.78, 5) is 43.9. The number of anilines is 1. The molecule has 3 aromatic rings. The summed E-state index contributed by atoms with van der Waals surface area (Å²) in [5.74, 6) is 0.210. The lowest BCUT2D eigenvalue weighted by molar-refractivity contribution is -0.126. The van der Waals surface area contributed by atoms with Gasteiger partial charge in [-0.15, -0.1) is 0 Å². The van der Waals surface area contributed by atoms with Crippen LogP contribution in [0.4, 0.5) is 10.5 Å². The predicted octanol–water partition coefficient (Wildman–Crippen LogP) is 3.26. The molecule has 8 nitrogen and oxygen atoms in total. The number of aromatic nitrogens is 2. The first-order valence-corrected chi connectivity index (χ1v) is 10.9. The van der Waals surface area contributed by atoms with Gasteiger partial charge in [0.05, 0.1) is 12.1 Å². The second-order valence-corrected chi connectivity index (χ2v) is 8.43. The Labute approximate surface area is 192 Å². The molecule has 1 aliphatic heterocycles. The van der Waals surface area contributed by atoms with Crippen LogP contribution >= 0.6 is 0 Å². The zero-order valence-electron chi connectivity index (χ0n) is 18.9. The number of urea groups is 1. The topological polar surface area (TPSA) is 96.3 Å². The van der Waals surface area contributed by atoms with Crippen molar-refractivity contribution in [2.75, 3.05) is 4.90 Å². The van der Waals surface area contributed by atoms with E-state index < -0.39 is 24.0 Å². The van der Waals surface area contributed by atoms with Crippen LogP contribution in [-0.4, -0.2) is 33.4 Å². The lowest BCUT2D eigenvalue weighted by Crippen LogP contribution is -2.38. The van der Waals surface area contributed by atoms with Crippen molar-refractivity contribution in [3.05, 3.63) is 83.9 Å². The summed E-state index contributed by atoms with van der Waals surface area (Å²) < 4.78 is 1.84. The fourth-order valence-corrected chi connectivity index (χ4v) is 3.93. The smallest absolute Gasteiger partial charge is 0.329 e. The molecule has 8 heteroatoms. The van der Waals surface area contributed by atoms with Gasteiger partial charge in [0.25, 0.3) is 5.91 Å². The van der Waals surface area contributed by atoms with Gasteiger partial charge in [0.15, 0.2) is 0 Å². The van der Waals surface area contributed by atoms with Gasteiger partial charge in [0.2, 0.25) is 5.91 Å². The van der Waals surface area contributed by atoms with Gasteiger partial charge in [0.1, 0.15) is 17.9 Å². The number of nitrogens with zero attached hydrogens (tertiary/aromatic N) is 3. The molecule has 1 saturated heterocycles. The second kappa shape index (κ2) is 9.28. The van der Waals surface area contributed by atoms with Gasteiger partial charge < -0.3 is 15.2 Å². The molecule has 170 valence electrons. The van der Waals surface area contributed by atoms with E-state index in [2.05, 4.69) is 29.5 Å². The number of aryl methyl sites for hydroxylation is 1. The number of carbonyl (C=O) groups is 3. The van der Waals surface area contributed by atoms with Crippen molar-refractivity contribution in [2.24, 2.45) is 7.05 Å². The Morgan fingerprint density at radius 2 is 1.76 bits per heavy atom. The molecule has 0 aliphatic carbocycles. The average molecular weight is 446 g/mol. The lowest BCUT2D eigenvalue weighted by atomic mass is 10.0. The molecule has 4 amide bonds. The van der Waals surface area contributed by atoms with Crippen LogP contribution in [0.1, 0.15) is 49.2 Å². The first-order chi connectivity index (χ1) is 15.8. The molecule has 1 fully saturated rings. The summed E-state index contributed by atoms with van der Waals surface area (Å²) in [7, 11) is 1.85. The van der Waals surface area contributed by atoms with Crippen molar-refractivity contribution in [3.8, 4) is 0 Å². The molecule has 0 radical (unpaired) electrons. The van der Waals surface area contributed by atoms with Crippen molar-refractivity contribution >= 4 is 23.5 Å². The van der Waals surface area contributed by atoms with Crippen LogP contribution in [0.2, 0.25) is 0 Å². The molecule has 33 heavy (non-hydrogen) atoms. The van der Waals surface area contributed by atoms with E-state index in [1.165, 1.54) is 0 Å². The van der Waals surface area contributed by atoms with Crippen LogP contribution in [0.15, 0.2) is 67.0 Å². The number of carbonyl (C=O) groups excluding carboxylic acids is 3. The molecule has 0 unspecified atom stereocenters. The van der Waals surface area contributed by atoms with E-state index >= 15 is 0 Å². The summed E-state index contributed by atoms with van der Waals surface area (Å²) in [5, 5.41) is 5.60.